The molecule has 2 amide bonds. The van der Waals surface area contributed by atoms with Crippen LogP contribution in [0.3, 0.4) is 0 Å². The molecule has 9 heteroatoms. The number of nitrogens with zero attached hydrogens (tertiary/aromatic N) is 2. The molecule has 0 unspecified atom stereocenters. The first-order chi connectivity index (χ1) is 18.1. The summed E-state index contributed by atoms with van der Waals surface area (Å²) in [7, 11) is -2.01. The highest BCUT2D eigenvalue weighted by molar-refractivity contribution is 7.92. The van der Waals surface area contributed by atoms with Gasteiger partial charge in [-0.25, -0.2) is 8.42 Å². The fourth-order valence-electron chi connectivity index (χ4n) is 4.30. The van der Waals surface area contributed by atoms with Crippen LogP contribution in [-0.4, -0.2) is 51.0 Å². The SMILES string of the molecule is CNC(=O)[C@@H](Cc1ccccc1)N(Cc1ccccc1C)C(=O)CCCN(c1ccc(Cl)cc1)S(C)(=O)=O. The van der Waals surface area contributed by atoms with Gasteiger partial charge in [-0.05, 0) is 54.3 Å². The lowest BCUT2D eigenvalue weighted by atomic mass is 10.0. The Kier molecular flexibility index (Phi) is 10.3. The van der Waals surface area contributed by atoms with Crippen molar-refractivity contribution in [1.82, 2.24) is 10.2 Å². The van der Waals surface area contributed by atoms with Gasteiger partial charge in [0.2, 0.25) is 21.8 Å². The van der Waals surface area contributed by atoms with Crippen molar-refractivity contribution in [3.05, 3.63) is 101 Å². The minimum atomic E-state index is -3.58. The maximum atomic E-state index is 13.7. The Labute approximate surface area is 230 Å². The van der Waals surface area contributed by atoms with Gasteiger partial charge in [0.1, 0.15) is 6.04 Å². The van der Waals surface area contributed by atoms with E-state index in [1.165, 1.54) is 4.31 Å². The van der Waals surface area contributed by atoms with Crippen molar-refractivity contribution in [3.8, 4) is 0 Å². The van der Waals surface area contributed by atoms with E-state index in [1.54, 1.807) is 36.2 Å². The summed E-state index contributed by atoms with van der Waals surface area (Å²) in [6.07, 6.45) is 1.85. The first-order valence-corrected chi connectivity index (χ1v) is 14.7. The second-order valence-electron chi connectivity index (χ2n) is 9.18. The molecule has 0 aromatic heterocycles. The minimum absolute atomic E-state index is 0.0772. The molecule has 0 heterocycles. The highest BCUT2D eigenvalue weighted by Gasteiger charge is 2.30. The summed E-state index contributed by atoms with van der Waals surface area (Å²) in [6, 6.07) is 23.1. The lowest BCUT2D eigenvalue weighted by Gasteiger charge is -2.32. The second-order valence-corrected chi connectivity index (χ2v) is 11.5. The monoisotopic (exact) mass is 555 g/mol. The predicted molar refractivity (Wildman–Crippen MR) is 153 cm³/mol. The third kappa shape index (κ3) is 8.07. The normalized spacial score (nSPS) is 12.0. The number of rotatable bonds is 12. The largest absolute Gasteiger partial charge is 0.357 e. The number of benzene rings is 3. The average Bonchev–Trinajstić information content (AvgIpc) is 2.89. The molecule has 0 aliphatic heterocycles. The van der Waals surface area contributed by atoms with Crippen LogP contribution in [0.1, 0.15) is 29.5 Å². The number of likely N-dealkylation sites (N-methyl/N-ethyl adjacent to an activating group) is 1. The van der Waals surface area contributed by atoms with Crippen LogP contribution in [0, 0.1) is 6.92 Å². The van der Waals surface area contributed by atoms with E-state index >= 15 is 0 Å². The zero-order chi connectivity index (χ0) is 27.7. The number of halogens is 1. The zero-order valence-corrected chi connectivity index (χ0v) is 23.5. The van der Waals surface area contributed by atoms with Crippen molar-refractivity contribution in [2.24, 2.45) is 0 Å². The van der Waals surface area contributed by atoms with Gasteiger partial charge < -0.3 is 10.2 Å². The summed E-state index contributed by atoms with van der Waals surface area (Å²) in [5.41, 5.74) is 3.39. The van der Waals surface area contributed by atoms with Gasteiger partial charge in [0.15, 0.2) is 0 Å². The number of hydrogen-bond donors (Lipinski definition) is 1. The number of aryl methyl sites for hydroxylation is 1. The number of carbonyl (C=O) groups is 2. The second kappa shape index (κ2) is 13.4. The van der Waals surface area contributed by atoms with Crippen LogP contribution in [0.25, 0.3) is 0 Å². The Morgan fingerprint density at radius 2 is 1.58 bits per heavy atom. The maximum absolute atomic E-state index is 13.7. The van der Waals surface area contributed by atoms with Gasteiger partial charge >= 0.3 is 0 Å². The molecule has 0 saturated carbocycles. The molecule has 0 aliphatic carbocycles. The first kappa shape index (κ1) is 29.2. The first-order valence-electron chi connectivity index (χ1n) is 12.4. The van der Waals surface area contributed by atoms with Crippen LogP contribution in [-0.2, 0) is 32.6 Å². The quantitative estimate of drug-likeness (QED) is 0.354. The molecule has 3 aromatic rings. The van der Waals surface area contributed by atoms with E-state index in [4.69, 9.17) is 11.6 Å². The number of anilines is 1. The lowest BCUT2D eigenvalue weighted by molar-refractivity contribution is -0.141. The summed E-state index contributed by atoms with van der Waals surface area (Å²) >= 11 is 5.96. The molecule has 3 aromatic carbocycles. The molecule has 1 N–H and O–H groups in total. The molecular weight excluding hydrogens is 522 g/mol. The highest BCUT2D eigenvalue weighted by atomic mass is 35.5. The van der Waals surface area contributed by atoms with Crippen LogP contribution in [0.5, 0.6) is 0 Å². The Hall–Kier alpha value is -3.36. The fraction of sp³-hybridized carbons (Fsp3) is 0.310. The molecule has 0 bridgehead atoms. The van der Waals surface area contributed by atoms with Gasteiger partial charge in [-0.15, -0.1) is 0 Å². The molecule has 7 nitrogen and oxygen atoms in total. The Bertz CT molecular complexity index is 1330. The number of amides is 2. The standard InChI is InChI=1S/C29H34ClN3O4S/c1-22-10-7-8-13-24(22)21-32(27(29(35)31-2)20-23-11-5-4-6-12-23)28(34)14-9-19-33(38(3,36)37)26-17-15-25(30)16-18-26/h4-8,10-13,15-18,27H,9,14,19-21H2,1-3H3,(H,31,35)/t27-/m1/s1. The lowest BCUT2D eigenvalue weighted by Crippen LogP contribution is -2.50. The number of hydrogen-bond acceptors (Lipinski definition) is 4. The van der Waals surface area contributed by atoms with Crippen LogP contribution < -0.4 is 9.62 Å². The molecule has 38 heavy (non-hydrogen) atoms. The molecule has 1 atom stereocenters. The summed E-state index contributed by atoms with van der Waals surface area (Å²) < 4.78 is 26.2. The van der Waals surface area contributed by atoms with Gasteiger partial charge in [-0.2, -0.15) is 0 Å². The van der Waals surface area contributed by atoms with Crippen molar-refractivity contribution < 1.29 is 18.0 Å². The molecule has 3 rings (SSSR count). The Morgan fingerprint density at radius 1 is 0.947 bits per heavy atom. The van der Waals surface area contributed by atoms with Gasteiger partial charge in [0.25, 0.3) is 0 Å². The maximum Gasteiger partial charge on any atom is 0.242 e. The minimum Gasteiger partial charge on any atom is -0.357 e. The van der Waals surface area contributed by atoms with Crippen molar-refractivity contribution in [3.63, 3.8) is 0 Å². The van der Waals surface area contributed by atoms with Crippen molar-refractivity contribution in [2.75, 3.05) is 24.2 Å². The van der Waals surface area contributed by atoms with Gasteiger partial charge in [-0.1, -0.05) is 66.2 Å². The fourth-order valence-corrected chi connectivity index (χ4v) is 5.39. The van der Waals surface area contributed by atoms with Crippen LogP contribution in [0.15, 0.2) is 78.9 Å². The van der Waals surface area contributed by atoms with E-state index in [2.05, 4.69) is 5.32 Å². The highest BCUT2D eigenvalue weighted by Crippen LogP contribution is 2.22. The molecule has 0 spiro atoms. The zero-order valence-electron chi connectivity index (χ0n) is 21.9. The Balaban J connectivity index is 1.84. The van der Waals surface area contributed by atoms with Gasteiger partial charge in [-0.3, -0.25) is 13.9 Å². The summed E-state index contributed by atoms with van der Waals surface area (Å²) in [5.74, 6) is -0.475. The number of nitrogens with one attached hydrogen (secondary N) is 1. The summed E-state index contributed by atoms with van der Waals surface area (Å²) in [6.45, 7) is 2.36. The number of sulfonamides is 1. The van der Waals surface area contributed by atoms with Crippen LogP contribution in [0.4, 0.5) is 5.69 Å². The van der Waals surface area contributed by atoms with Gasteiger partial charge in [0.05, 0.1) is 11.9 Å². The summed E-state index contributed by atoms with van der Waals surface area (Å²) in [4.78, 5) is 28.4. The molecule has 0 fully saturated rings. The van der Waals surface area contributed by atoms with Crippen LogP contribution >= 0.6 is 11.6 Å². The third-order valence-electron chi connectivity index (χ3n) is 6.39. The molecule has 0 saturated heterocycles. The van der Waals surface area contributed by atoms with Crippen LogP contribution in [0.2, 0.25) is 5.02 Å². The van der Waals surface area contributed by atoms with E-state index in [0.29, 0.717) is 17.1 Å². The smallest absolute Gasteiger partial charge is 0.242 e. The molecule has 0 radical (unpaired) electrons. The van der Waals surface area contributed by atoms with Crippen molar-refractivity contribution >= 4 is 39.1 Å². The van der Waals surface area contributed by atoms with E-state index in [0.717, 1.165) is 22.9 Å². The third-order valence-corrected chi connectivity index (χ3v) is 7.83. The Morgan fingerprint density at radius 3 is 2.18 bits per heavy atom. The van der Waals surface area contributed by atoms with Crippen molar-refractivity contribution in [2.45, 2.75) is 38.8 Å². The summed E-state index contributed by atoms with van der Waals surface area (Å²) in [5, 5.41) is 3.21. The van der Waals surface area contributed by atoms with E-state index in [-0.39, 0.29) is 37.7 Å². The van der Waals surface area contributed by atoms with E-state index in [9.17, 15) is 18.0 Å². The van der Waals surface area contributed by atoms with Gasteiger partial charge in [0, 0.05) is 38.0 Å². The predicted octanol–water partition coefficient (Wildman–Crippen LogP) is 4.58. The van der Waals surface area contributed by atoms with E-state index < -0.39 is 16.1 Å². The number of carbonyl (C=O) groups excluding carboxylic acids is 2. The topological polar surface area (TPSA) is 86.8 Å². The van der Waals surface area contributed by atoms with E-state index in [1.807, 2.05) is 61.5 Å². The molecule has 0 aliphatic rings. The van der Waals surface area contributed by atoms with Crippen molar-refractivity contribution in [1.29, 1.82) is 0 Å². The molecular formula is C29H34ClN3O4S. The average molecular weight is 556 g/mol. The molecule has 202 valence electrons.